The summed E-state index contributed by atoms with van der Waals surface area (Å²) >= 11 is 0. The Morgan fingerprint density at radius 1 is 1.24 bits per heavy atom. The van der Waals surface area contributed by atoms with E-state index in [1.165, 1.54) is 4.90 Å². The van der Waals surface area contributed by atoms with Crippen molar-refractivity contribution in [2.45, 2.75) is 71.6 Å². The molecule has 1 saturated carbocycles. The molecule has 1 N–H and O–H groups in total. The third-order valence-corrected chi connectivity index (χ3v) is 6.88. The number of carbonyl (C=O) groups excluding carboxylic acids is 2. The highest BCUT2D eigenvalue weighted by molar-refractivity contribution is 5.92. The van der Waals surface area contributed by atoms with E-state index in [4.69, 9.17) is 9.47 Å². The predicted molar refractivity (Wildman–Crippen MR) is 127 cm³/mol. The molecule has 0 radical (unpaired) electrons. The molecule has 1 heterocycles. The lowest BCUT2D eigenvalue weighted by molar-refractivity contribution is -0.152. The van der Waals surface area contributed by atoms with E-state index in [9.17, 15) is 14.7 Å². The first-order valence-corrected chi connectivity index (χ1v) is 12.0. The van der Waals surface area contributed by atoms with Gasteiger partial charge in [0.15, 0.2) is 0 Å². The lowest BCUT2D eigenvalue weighted by Crippen LogP contribution is -2.48. The van der Waals surface area contributed by atoms with Gasteiger partial charge in [0.2, 0.25) is 0 Å². The van der Waals surface area contributed by atoms with Gasteiger partial charge in [-0.1, -0.05) is 63.6 Å². The molecule has 3 rings (SSSR count). The van der Waals surface area contributed by atoms with Crippen LogP contribution in [0.25, 0.3) is 0 Å². The third kappa shape index (κ3) is 6.18. The Morgan fingerprint density at radius 3 is 2.64 bits per heavy atom. The minimum absolute atomic E-state index is 0.0103. The summed E-state index contributed by atoms with van der Waals surface area (Å²) in [6.07, 6.45) is 4.42. The first-order chi connectivity index (χ1) is 15.8. The molecule has 33 heavy (non-hydrogen) atoms. The number of aliphatic hydroxyl groups excluding tert-OH is 1. The van der Waals surface area contributed by atoms with Crippen LogP contribution in [0.2, 0.25) is 0 Å². The third-order valence-electron chi connectivity index (χ3n) is 6.88. The number of esters is 1. The van der Waals surface area contributed by atoms with Crippen LogP contribution >= 0.6 is 0 Å². The second-order valence-electron chi connectivity index (χ2n) is 9.65. The summed E-state index contributed by atoms with van der Waals surface area (Å²) in [6, 6.07) is 8.78. The molecule has 2 aliphatic rings. The maximum Gasteiger partial charge on any atom is 0.410 e. The quantitative estimate of drug-likeness (QED) is 0.416. The van der Waals surface area contributed by atoms with Crippen LogP contribution in [-0.2, 0) is 20.9 Å². The Labute approximate surface area is 197 Å². The van der Waals surface area contributed by atoms with Gasteiger partial charge in [-0.2, -0.15) is 0 Å². The maximum atomic E-state index is 13.3. The fourth-order valence-corrected chi connectivity index (χ4v) is 4.99. The predicted octanol–water partition coefficient (Wildman–Crippen LogP) is 5.79. The maximum absolute atomic E-state index is 13.3. The van der Waals surface area contributed by atoms with Crippen LogP contribution in [0.15, 0.2) is 54.3 Å². The standard InChI is InChI=1S/C27H37NO5/c1-5-9-22-25(26(30)33-24-16-19(4)12-13-21(24)18(2)3)23(29)14-15-28(22)27(31)32-17-20-10-7-6-8-11-20/h5-8,10-11,18-19,21-22,24,29H,1,9,12-17H2,2-4H3/t19-,21+,22?,24-/m0/s1. The van der Waals surface area contributed by atoms with Crippen LogP contribution < -0.4 is 0 Å². The van der Waals surface area contributed by atoms with Gasteiger partial charge in [0.05, 0.1) is 11.6 Å². The summed E-state index contributed by atoms with van der Waals surface area (Å²) in [6.45, 7) is 10.7. The SMILES string of the molecule is C=CCC1C(C(=O)O[C@H]2C[C@@H](C)CC[C@@H]2C(C)C)=C(O)CCN1C(=O)OCc1ccccc1. The van der Waals surface area contributed by atoms with E-state index in [0.29, 0.717) is 24.2 Å². The number of nitrogens with zero attached hydrogens (tertiary/aromatic N) is 1. The summed E-state index contributed by atoms with van der Waals surface area (Å²) in [7, 11) is 0. The highest BCUT2D eigenvalue weighted by atomic mass is 16.6. The number of aliphatic hydroxyl groups is 1. The van der Waals surface area contributed by atoms with E-state index in [0.717, 1.165) is 24.8 Å². The number of carbonyl (C=O) groups is 2. The first kappa shape index (κ1) is 24.9. The molecular formula is C27H37NO5. The van der Waals surface area contributed by atoms with Gasteiger partial charge in [0, 0.05) is 13.0 Å². The molecular weight excluding hydrogens is 418 g/mol. The van der Waals surface area contributed by atoms with Crippen molar-refractivity contribution in [1.82, 2.24) is 4.90 Å². The number of hydrogen-bond acceptors (Lipinski definition) is 5. The molecule has 0 aromatic heterocycles. The molecule has 1 aliphatic carbocycles. The van der Waals surface area contributed by atoms with Crippen molar-refractivity contribution in [2.24, 2.45) is 17.8 Å². The number of amides is 1. The van der Waals surface area contributed by atoms with Crippen molar-refractivity contribution < 1.29 is 24.2 Å². The summed E-state index contributed by atoms with van der Waals surface area (Å²) < 4.78 is 11.5. The Hall–Kier alpha value is -2.76. The largest absolute Gasteiger partial charge is 0.512 e. The van der Waals surface area contributed by atoms with Crippen molar-refractivity contribution >= 4 is 12.1 Å². The zero-order valence-electron chi connectivity index (χ0n) is 20.0. The van der Waals surface area contributed by atoms with Gasteiger partial charge < -0.3 is 14.6 Å². The van der Waals surface area contributed by atoms with Gasteiger partial charge in [0.25, 0.3) is 0 Å². The number of hydrogen-bond donors (Lipinski definition) is 1. The highest BCUT2D eigenvalue weighted by Crippen LogP contribution is 2.37. The fraction of sp³-hybridized carbons (Fsp3) is 0.556. The monoisotopic (exact) mass is 455 g/mol. The molecule has 6 nitrogen and oxygen atoms in total. The van der Waals surface area contributed by atoms with Gasteiger partial charge in [-0.15, -0.1) is 6.58 Å². The molecule has 1 aliphatic heterocycles. The molecule has 0 spiro atoms. The minimum Gasteiger partial charge on any atom is -0.512 e. The molecule has 1 amide bonds. The van der Waals surface area contributed by atoms with E-state index < -0.39 is 18.1 Å². The molecule has 0 bridgehead atoms. The molecule has 6 heteroatoms. The summed E-state index contributed by atoms with van der Waals surface area (Å²) in [4.78, 5) is 27.8. The van der Waals surface area contributed by atoms with Gasteiger partial charge in [-0.05, 0) is 42.6 Å². The number of benzene rings is 1. The normalized spacial score (nSPS) is 25.6. The van der Waals surface area contributed by atoms with Crippen LogP contribution in [0, 0.1) is 17.8 Å². The first-order valence-electron chi connectivity index (χ1n) is 12.0. The van der Waals surface area contributed by atoms with Gasteiger partial charge in [0.1, 0.15) is 18.5 Å². The summed E-state index contributed by atoms with van der Waals surface area (Å²) in [5.74, 6) is 0.632. The van der Waals surface area contributed by atoms with Crippen LogP contribution in [0.3, 0.4) is 0 Å². The van der Waals surface area contributed by atoms with E-state index in [2.05, 4.69) is 27.4 Å². The highest BCUT2D eigenvalue weighted by Gasteiger charge is 2.40. The van der Waals surface area contributed by atoms with Crippen LogP contribution in [0.4, 0.5) is 4.79 Å². The van der Waals surface area contributed by atoms with Crippen molar-refractivity contribution in [3.05, 3.63) is 59.9 Å². The van der Waals surface area contributed by atoms with Crippen molar-refractivity contribution in [2.75, 3.05) is 6.54 Å². The van der Waals surface area contributed by atoms with Gasteiger partial charge >= 0.3 is 12.1 Å². The van der Waals surface area contributed by atoms with Crippen molar-refractivity contribution in [3.8, 4) is 0 Å². The average Bonchev–Trinajstić information content (AvgIpc) is 2.78. The molecule has 1 aromatic rings. The van der Waals surface area contributed by atoms with Crippen LogP contribution in [0.1, 0.15) is 58.4 Å². The summed E-state index contributed by atoms with van der Waals surface area (Å²) in [5.41, 5.74) is 1.03. The Bertz CT molecular complexity index is 863. The molecule has 1 aromatic carbocycles. The van der Waals surface area contributed by atoms with Gasteiger partial charge in [-0.3, -0.25) is 4.90 Å². The molecule has 180 valence electrons. The zero-order chi connectivity index (χ0) is 24.0. The molecule has 1 unspecified atom stereocenters. The zero-order valence-corrected chi connectivity index (χ0v) is 20.0. The van der Waals surface area contributed by atoms with Crippen molar-refractivity contribution in [1.29, 1.82) is 0 Å². The topological polar surface area (TPSA) is 76.1 Å². The number of rotatable bonds is 7. The smallest absolute Gasteiger partial charge is 0.410 e. The minimum atomic E-state index is -0.662. The van der Waals surface area contributed by atoms with E-state index in [-0.39, 0.29) is 37.0 Å². The van der Waals surface area contributed by atoms with E-state index in [1.54, 1.807) is 6.08 Å². The Morgan fingerprint density at radius 2 is 1.97 bits per heavy atom. The molecule has 1 fully saturated rings. The lowest BCUT2D eigenvalue weighted by Gasteiger charge is -2.39. The van der Waals surface area contributed by atoms with E-state index >= 15 is 0 Å². The second kappa shape index (κ2) is 11.4. The van der Waals surface area contributed by atoms with Crippen LogP contribution in [0.5, 0.6) is 0 Å². The fourth-order valence-electron chi connectivity index (χ4n) is 4.99. The Balaban J connectivity index is 1.75. The van der Waals surface area contributed by atoms with Crippen LogP contribution in [-0.4, -0.2) is 40.8 Å². The summed E-state index contributed by atoms with van der Waals surface area (Å²) in [5, 5.41) is 10.7. The second-order valence-corrected chi connectivity index (χ2v) is 9.65. The van der Waals surface area contributed by atoms with Gasteiger partial charge in [-0.25, -0.2) is 9.59 Å². The van der Waals surface area contributed by atoms with Crippen molar-refractivity contribution in [3.63, 3.8) is 0 Å². The van der Waals surface area contributed by atoms with E-state index in [1.807, 2.05) is 30.3 Å². The average molecular weight is 456 g/mol. The lowest BCUT2D eigenvalue weighted by atomic mass is 9.75. The number of ether oxygens (including phenoxy) is 2. The molecule has 0 saturated heterocycles. The Kier molecular flexibility index (Phi) is 8.59. The molecule has 4 atom stereocenters.